The van der Waals surface area contributed by atoms with Gasteiger partial charge in [-0.1, -0.05) is 12.1 Å². The second kappa shape index (κ2) is 4.41. The van der Waals surface area contributed by atoms with Crippen molar-refractivity contribution in [2.24, 2.45) is 0 Å². The first-order chi connectivity index (χ1) is 8.02. The Balaban J connectivity index is 2.69. The maximum Gasteiger partial charge on any atom is 0.195 e. The molecule has 3 nitrogen and oxygen atoms in total. The minimum absolute atomic E-state index is 0.135. The molecule has 0 saturated carbocycles. The lowest BCUT2D eigenvalue weighted by atomic mass is 10.1. The number of halogens is 1. The molecule has 0 bridgehead atoms. The van der Waals surface area contributed by atoms with Gasteiger partial charge < -0.3 is 0 Å². The van der Waals surface area contributed by atoms with E-state index in [9.17, 15) is 4.39 Å². The van der Waals surface area contributed by atoms with Crippen LogP contribution in [0.4, 0.5) is 4.39 Å². The number of hydrogen-bond acceptors (Lipinski definition) is 2. The largest absolute Gasteiger partial charge is 0.298 e. The van der Waals surface area contributed by atoms with Gasteiger partial charge in [0.1, 0.15) is 5.82 Å². The quantitative estimate of drug-likeness (QED) is 0.827. The Kier molecular flexibility index (Phi) is 3.11. The predicted molar refractivity (Wildman–Crippen MR) is 67.9 cm³/mol. The van der Waals surface area contributed by atoms with Crippen LogP contribution < -0.4 is 0 Å². The van der Waals surface area contributed by atoms with E-state index in [1.165, 1.54) is 0 Å². The molecule has 0 spiro atoms. The predicted octanol–water partition coefficient (Wildman–Crippen LogP) is 3.64. The molecule has 2 aromatic rings. The number of aromatic amines is 1. The molecule has 1 heterocycles. The first-order valence-electron chi connectivity index (χ1n) is 5.44. The second-order valence-corrected chi connectivity index (χ2v) is 4.64. The van der Waals surface area contributed by atoms with Crippen LogP contribution >= 0.6 is 12.2 Å². The third kappa shape index (κ3) is 2.02. The molecule has 0 radical (unpaired) electrons. The SMILES string of the molecule is Cc1cccc(-c2n[nH]c(=S)n2C(C)C)c1F. The molecule has 1 N–H and O–H groups in total. The van der Waals surface area contributed by atoms with Crippen molar-refractivity contribution in [1.82, 2.24) is 14.8 Å². The lowest BCUT2D eigenvalue weighted by molar-refractivity contribution is 0.587. The molecule has 0 aliphatic rings. The molecule has 0 saturated heterocycles. The molecule has 2 rings (SSSR count). The van der Waals surface area contributed by atoms with Gasteiger partial charge in [-0.05, 0) is 44.6 Å². The topological polar surface area (TPSA) is 33.6 Å². The Morgan fingerprint density at radius 2 is 2.12 bits per heavy atom. The summed E-state index contributed by atoms with van der Waals surface area (Å²) in [6.07, 6.45) is 0. The van der Waals surface area contributed by atoms with Gasteiger partial charge in [-0.25, -0.2) is 4.39 Å². The summed E-state index contributed by atoms with van der Waals surface area (Å²) in [6.45, 7) is 5.71. The van der Waals surface area contributed by atoms with Crippen LogP contribution in [0.15, 0.2) is 18.2 Å². The minimum atomic E-state index is -0.247. The number of nitrogens with zero attached hydrogens (tertiary/aromatic N) is 2. The van der Waals surface area contributed by atoms with Crippen molar-refractivity contribution in [2.75, 3.05) is 0 Å². The van der Waals surface area contributed by atoms with Crippen LogP contribution in [0.1, 0.15) is 25.5 Å². The Morgan fingerprint density at radius 1 is 1.41 bits per heavy atom. The highest BCUT2D eigenvalue weighted by molar-refractivity contribution is 7.71. The van der Waals surface area contributed by atoms with Crippen molar-refractivity contribution >= 4 is 12.2 Å². The maximum atomic E-state index is 14.0. The summed E-state index contributed by atoms with van der Waals surface area (Å²) in [7, 11) is 0. The summed E-state index contributed by atoms with van der Waals surface area (Å²) in [5, 5.41) is 6.83. The Bertz CT molecular complexity index is 598. The molecule has 0 aliphatic carbocycles. The molecule has 1 aromatic carbocycles. The highest BCUT2D eigenvalue weighted by atomic mass is 32.1. The van der Waals surface area contributed by atoms with Crippen LogP contribution in [0.5, 0.6) is 0 Å². The van der Waals surface area contributed by atoms with E-state index < -0.39 is 0 Å². The number of aromatic nitrogens is 3. The minimum Gasteiger partial charge on any atom is -0.298 e. The lowest BCUT2D eigenvalue weighted by Gasteiger charge is -2.11. The van der Waals surface area contributed by atoms with Crippen molar-refractivity contribution in [3.63, 3.8) is 0 Å². The molecule has 0 fully saturated rings. The summed E-state index contributed by atoms with van der Waals surface area (Å²) < 4.78 is 16.4. The van der Waals surface area contributed by atoms with Crippen molar-refractivity contribution in [1.29, 1.82) is 0 Å². The number of H-pyrrole nitrogens is 1. The van der Waals surface area contributed by atoms with Crippen LogP contribution in [-0.4, -0.2) is 14.8 Å². The van der Waals surface area contributed by atoms with E-state index in [4.69, 9.17) is 12.2 Å². The first-order valence-corrected chi connectivity index (χ1v) is 5.85. The smallest absolute Gasteiger partial charge is 0.195 e. The summed E-state index contributed by atoms with van der Waals surface area (Å²) in [6, 6.07) is 5.40. The van der Waals surface area contributed by atoms with Gasteiger partial charge in [-0.2, -0.15) is 5.10 Å². The molecule has 1 aromatic heterocycles. The standard InChI is InChI=1S/C12H14FN3S/c1-7(2)16-11(14-15-12(16)17)9-6-4-5-8(3)10(9)13/h4-7H,1-3H3,(H,15,17). The molecule has 0 aliphatic heterocycles. The van der Waals surface area contributed by atoms with Gasteiger partial charge in [0, 0.05) is 6.04 Å². The fourth-order valence-corrected chi connectivity index (χ4v) is 2.14. The highest BCUT2D eigenvalue weighted by Gasteiger charge is 2.15. The zero-order chi connectivity index (χ0) is 12.6. The summed E-state index contributed by atoms with van der Waals surface area (Å²) >= 11 is 5.15. The van der Waals surface area contributed by atoms with Gasteiger partial charge in [-0.3, -0.25) is 9.67 Å². The Morgan fingerprint density at radius 3 is 2.76 bits per heavy atom. The van der Waals surface area contributed by atoms with Crippen LogP contribution in [0.3, 0.4) is 0 Å². The average Bonchev–Trinajstić information content (AvgIpc) is 2.64. The first kappa shape index (κ1) is 12.0. The van der Waals surface area contributed by atoms with Crippen LogP contribution in [0.2, 0.25) is 0 Å². The van der Waals surface area contributed by atoms with Gasteiger partial charge in [0.2, 0.25) is 0 Å². The molecular weight excluding hydrogens is 237 g/mol. The van der Waals surface area contributed by atoms with Crippen molar-refractivity contribution in [2.45, 2.75) is 26.8 Å². The Hall–Kier alpha value is -1.49. The van der Waals surface area contributed by atoms with E-state index in [0.29, 0.717) is 21.7 Å². The van der Waals surface area contributed by atoms with E-state index in [0.717, 1.165) is 0 Å². The van der Waals surface area contributed by atoms with Gasteiger partial charge in [0.25, 0.3) is 0 Å². The molecule has 0 atom stereocenters. The molecule has 0 unspecified atom stereocenters. The number of nitrogens with one attached hydrogen (secondary N) is 1. The highest BCUT2D eigenvalue weighted by Crippen LogP contribution is 2.25. The van der Waals surface area contributed by atoms with Gasteiger partial charge in [-0.15, -0.1) is 0 Å². The molecule has 90 valence electrons. The fraction of sp³-hybridized carbons (Fsp3) is 0.333. The molecular formula is C12H14FN3S. The number of rotatable bonds is 2. The zero-order valence-electron chi connectivity index (χ0n) is 9.99. The third-order valence-corrected chi connectivity index (χ3v) is 2.94. The fourth-order valence-electron chi connectivity index (χ4n) is 1.79. The van der Waals surface area contributed by atoms with E-state index in [2.05, 4.69) is 10.2 Å². The molecule has 17 heavy (non-hydrogen) atoms. The third-order valence-electron chi connectivity index (χ3n) is 2.65. The summed E-state index contributed by atoms with van der Waals surface area (Å²) in [4.78, 5) is 0. The molecule has 0 amide bonds. The van der Waals surface area contributed by atoms with E-state index >= 15 is 0 Å². The van der Waals surface area contributed by atoms with E-state index in [-0.39, 0.29) is 11.9 Å². The van der Waals surface area contributed by atoms with E-state index in [1.54, 1.807) is 19.1 Å². The van der Waals surface area contributed by atoms with E-state index in [1.807, 2.05) is 24.5 Å². The number of benzene rings is 1. The number of aryl methyl sites for hydroxylation is 1. The van der Waals surface area contributed by atoms with Gasteiger partial charge in [0.05, 0.1) is 5.56 Å². The van der Waals surface area contributed by atoms with Crippen LogP contribution in [0, 0.1) is 17.5 Å². The zero-order valence-corrected chi connectivity index (χ0v) is 10.8. The van der Waals surface area contributed by atoms with Crippen LogP contribution in [-0.2, 0) is 0 Å². The van der Waals surface area contributed by atoms with Crippen LogP contribution in [0.25, 0.3) is 11.4 Å². The maximum absolute atomic E-state index is 14.0. The van der Waals surface area contributed by atoms with Crippen molar-refractivity contribution in [3.8, 4) is 11.4 Å². The van der Waals surface area contributed by atoms with Crippen molar-refractivity contribution < 1.29 is 4.39 Å². The summed E-state index contributed by atoms with van der Waals surface area (Å²) in [5.41, 5.74) is 1.08. The molecule has 5 heteroatoms. The lowest BCUT2D eigenvalue weighted by Crippen LogP contribution is -2.04. The second-order valence-electron chi connectivity index (χ2n) is 4.25. The Labute approximate surface area is 104 Å². The summed E-state index contributed by atoms with van der Waals surface area (Å²) in [5.74, 6) is 0.301. The normalized spacial score (nSPS) is 11.1. The van der Waals surface area contributed by atoms with Gasteiger partial charge >= 0.3 is 0 Å². The average molecular weight is 251 g/mol. The monoisotopic (exact) mass is 251 g/mol. The number of hydrogen-bond donors (Lipinski definition) is 1. The van der Waals surface area contributed by atoms with Gasteiger partial charge in [0.15, 0.2) is 10.6 Å². The van der Waals surface area contributed by atoms with Crippen molar-refractivity contribution in [3.05, 3.63) is 34.4 Å².